The molecule has 7 nitrogen and oxygen atoms in total. The van der Waals surface area contributed by atoms with Crippen molar-refractivity contribution in [1.29, 1.82) is 0 Å². The van der Waals surface area contributed by atoms with Crippen LogP contribution in [0.2, 0.25) is 0 Å². The first kappa shape index (κ1) is 20.0. The molecule has 0 saturated heterocycles. The smallest absolute Gasteiger partial charge is 0.256 e. The fourth-order valence-corrected chi connectivity index (χ4v) is 4.72. The molecule has 28 heavy (non-hydrogen) atoms. The highest BCUT2D eigenvalue weighted by atomic mass is 32.2. The first-order valence-corrected chi connectivity index (χ1v) is 10.5. The van der Waals surface area contributed by atoms with Crippen molar-refractivity contribution < 1.29 is 13.2 Å². The van der Waals surface area contributed by atoms with Gasteiger partial charge in [-0.25, -0.2) is 8.42 Å². The Morgan fingerprint density at radius 3 is 2.46 bits per heavy atom. The lowest BCUT2D eigenvalue weighted by atomic mass is 10.2. The van der Waals surface area contributed by atoms with Crippen molar-refractivity contribution in [3.8, 4) is 0 Å². The maximum atomic E-state index is 12.7. The molecule has 0 saturated carbocycles. The lowest BCUT2D eigenvalue weighted by Crippen LogP contribution is -2.31. The third-order valence-corrected chi connectivity index (χ3v) is 6.57. The van der Waals surface area contributed by atoms with Gasteiger partial charge in [0.05, 0.1) is 10.6 Å². The topological polar surface area (TPSA) is 84.3 Å². The summed E-state index contributed by atoms with van der Waals surface area (Å²) >= 11 is 0. The number of aromatic nitrogens is 2. The van der Waals surface area contributed by atoms with E-state index >= 15 is 0 Å². The van der Waals surface area contributed by atoms with Crippen LogP contribution in [0.15, 0.2) is 54.5 Å². The van der Waals surface area contributed by atoms with E-state index in [4.69, 9.17) is 0 Å². The summed E-state index contributed by atoms with van der Waals surface area (Å²) in [5.74, 6) is 0.410. The van der Waals surface area contributed by atoms with Gasteiger partial charge in [0.25, 0.3) is 5.91 Å². The van der Waals surface area contributed by atoms with Gasteiger partial charge in [0.1, 0.15) is 5.82 Å². The van der Waals surface area contributed by atoms with Crippen molar-refractivity contribution in [2.45, 2.75) is 24.2 Å². The van der Waals surface area contributed by atoms with Crippen LogP contribution in [0.3, 0.4) is 0 Å². The molecule has 3 rings (SSSR count). The van der Waals surface area contributed by atoms with Gasteiger partial charge in [-0.3, -0.25) is 9.48 Å². The molecule has 0 unspecified atom stereocenters. The Morgan fingerprint density at radius 2 is 1.86 bits per heavy atom. The number of sulfonamides is 1. The molecule has 2 aromatic rings. The van der Waals surface area contributed by atoms with E-state index < -0.39 is 10.0 Å². The minimum Gasteiger partial charge on any atom is -0.307 e. The van der Waals surface area contributed by atoms with E-state index in [1.165, 1.54) is 40.7 Å². The van der Waals surface area contributed by atoms with Gasteiger partial charge in [-0.1, -0.05) is 12.2 Å². The minimum atomic E-state index is -3.69. The number of fused-ring (bicyclic) bond motifs is 1. The van der Waals surface area contributed by atoms with Crippen LogP contribution < -0.4 is 5.32 Å². The Hall–Kier alpha value is -2.71. The van der Waals surface area contributed by atoms with Crippen LogP contribution in [0, 0.1) is 0 Å². The molecule has 0 fully saturated rings. The molecule has 1 aromatic heterocycles. The van der Waals surface area contributed by atoms with Gasteiger partial charge in [-0.2, -0.15) is 9.40 Å². The molecule has 0 bridgehead atoms. The lowest BCUT2D eigenvalue weighted by Gasteiger charge is -2.19. The third kappa shape index (κ3) is 3.79. The first-order valence-electron chi connectivity index (χ1n) is 9.06. The Bertz CT molecular complexity index is 997. The second-order valence-corrected chi connectivity index (χ2v) is 8.57. The number of carbonyl (C=O) groups is 1. The molecule has 0 atom stereocenters. The molecule has 8 heteroatoms. The van der Waals surface area contributed by atoms with Gasteiger partial charge in [0.2, 0.25) is 10.0 Å². The molecule has 148 valence electrons. The Kier molecular flexibility index (Phi) is 5.81. The summed E-state index contributed by atoms with van der Waals surface area (Å²) in [5, 5.41) is 7.34. The normalized spacial score (nSPS) is 13.4. The number of nitrogens with zero attached hydrogens (tertiary/aromatic N) is 3. The number of amides is 1. The Labute approximate surface area is 165 Å². The van der Waals surface area contributed by atoms with E-state index in [2.05, 4.69) is 23.6 Å². The molecular formula is C20H24N4O3S. The Morgan fingerprint density at radius 1 is 1.21 bits per heavy atom. The summed E-state index contributed by atoms with van der Waals surface area (Å²) in [7, 11) is -1.88. The fraction of sp³-hybridized carbons (Fsp3) is 0.300. The van der Waals surface area contributed by atoms with Gasteiger partial charge >= 0.3 is 0 Å². The third-order valence-electron chi connectivity index (χ3n) is 4.72. The summed E-state index contributed by atoms with van der Waals surface area (Å²) in [5.41, 5.74) is 2.49. The fourth-order valence-electron chi connectivity index (χ4n) is 3.34. The van der Waals surface area contributed by atoms with Crippen molar-refractivity contribution in [2.24, 2.45) is 7.05 Å². The quantitative estimate of drug-likeness (QED) is 0.690. The highest BCUT2D eigenvalue weighted by Gasteiger charge is 2.24. The van der Waals surface area contributed by atoms with Gasteiger partial charge in [0.15, 0.2) is 0 Å². The first-order chi connectivity index (χ1) is 13.4. The average Bonchev–Trinajstić information content (AvgIpc) is 3.24. The van der Waals surface area contributed by atoms with Crippen LogP contribution in [-0.2, 0) is 29.9 Å². The lowest BCUT2D eigenvalue weighted by molar-refractivity contribution is 0.102. The number of hydrogen-bond acceptors (Lipinski definition) is 4. The zero-order valence-electron chi connectivity index (χ0n) is 15.9. The van der Waals surface area contributed by atoms with E-state index in [1.54, 1.807) is 11.7 Å². The molecular weight excluding hydrogens is 376 g/mol. The highest BCUT2D eigenvalue weighted by molar-refractivity contribution is 7.89. The predicted octanol–water partition coefficient (Wildman–Crippen LogP) is 2.52. The summed E-state index contributed by atoms with van der Waals surface area (Å²) in [6.07, 6.45) is 5.92. The number of rotatable bonds is 8. The summed E-state index contributed by atoms with van der Waals surface area (Å²) in [6, 6.07) is 5.91. The standard InChI is InChI=1S/C20H24N4O3S/c1-4-13-24(14-5-2)28(26,27)16-11-9-15(10-12-16)20(25)21-19-17-7-6-8-18(17)22-23(19)3/h4-5,9-12H,1-2,6-8,13-14H2,3H3,(H,21,25). The second-order valence-electron chi connectivity index (χ2n) is 6.63. The molecule has 1 aliphatic carbocycles. The monoisotopic (exact) mass is 400 g/mol. The maximum absolute atomic E-state index is 12.7. The van der Waals surface area contributed by atoms with Gasteiger partial charge < -0.3 is 5.32 Å². The van der Waals surface area contributed by atoms with Crippen molar-refractivity contribution >= 4 is 21.7 Å². The second kappa shape index (κ2) is 8.12. The van der Waals surface area contributed by atoms with Crippen LogP contribution in [0.4, 0.5) is 5.82 Å². The van der Waals surface area contributed by atoms with E-state index in [-0.39, 0.29) is 23.9 Å². The average molecular weight is 401 g/mol. The van der Waals surface area contributed by atoms with Crippen LogP contribution in [0.1, 0.15) is 28.0 Å². The summed E-state index contributed by atoms with van der Waals surface area (Å²) in [4.78, 5) is 12.7. The molecule has 0 aliphatic heterocycles. The molecule has 0 spiro atoms. The number of aryl methyl sites for hydroxylation is 2. The van der Waals surface area contributed by atoms with Crippen molar-refractivity contribution in [3.05, 3.63) is 66.4 Å². The van der Waals surface area contributed by atoms with E-state index in [0.717, 1.165) is 30.5 Å². The number of hydrogen-bond donors (Lipinski definition) is 1. The van der Waals surface area contributed by atoms with Crippen LogP contribution in [0.5, 0.6) is 0 Å². The van der Waals surface area contributed by atoms with Crippen LogP contribution >= 0.6 is 0 Å². The van der Waals surface area contributed by atoms with Crippen molar-refractivity contribution in [1.82, 2.24) is 14.1 Å². The van der Waals surface area contributed by atoms with Crippen LogP contribution in [0.25, 0.3) is 0 Å². The summed E-state index contributed by atoms with van der Waals surface area (Å²) in [6.45, 7) is 7.55. The molecule has 1 amide bonds. The summed E-state index contributed by atoms with van der Waals surface area (Å²) < 4.78 is 28.4. The number of benzene rings is 1. The SMILES string of the molecule is C=CCN(CC=C)S(=O)(=O)c1ccc(C(=O)Nc2c3c(nn2C)CCC3)cc1. The zero-order valence-corrected chi connectivity index (χ0v) is 16.7. The number of carbonyl (C=O) groups excluding carboxylic acids is 1. The minimum absolute atomic E-state index is 0.120. The molecule has 1 heterocycles. The van der Waals surface area contributed by atoms with Crippen molar-refractivity contribution in [3.63, 3.8) is 0 Å². The van der Waals surface area contributed by atoms with E-state index in [9.17, 15) is 13.2 Å². The van der Waals surface area contributed by atoms with Gasteiger partial charge in [0, 0.05) is 31.3 Å². The highest BCUT2D eigenvalue weighted by Crippen LogP contribution is 2.28. The molecule has 1 aliphatic rings. The van der Waals surface area contributed by atoms with Gasteiger partial charge in [-0.15, -0.1) is 13.2 Å². The predicted molar refractivity (Wildman–Crippen MR) is 109 cm³/mol. The zero-order chi connectivity index (χ0) is 20.3. The van der Waals surface area contributed by atoms with Crippen LogP contribution in [-0.4, -0.2) is 41.5 Å². The van der Waals surface area contributed by atoms with Crippen molar-refractivity contribution in [2.75, 3.05) is 18.4 Å². The Balaban J connectivity index is 1.79. The molecule has 1 N–H and O–H groups in total. The van der Waals surface area contributed by atoms with E-state index in [1.807, 2.05) is 0 Å². The molecule has 1 aromatic carbocycles. The maximum Gasteiger partial charge on any atom is 0.256 e. The largest absolute Gasteiger partial charge is 0.307 e. The number of nitrogens with one attached hydrogen (secondary N) is 1. The van der Waals surface area contributed by atoms with Gasteiger partial charge in [-0.05, 0) is 43.5 Å². The molecule has 0 radical (unpaired) electrons. The van der Waals surface area contributed by atoms with E-state index in [0.29, 0.717) is 11.4 Å². The number of anilines is 1.